The number of ether oxygens (including phenoxy) is 2. The normalized spacial score (nSPS) is 15.3. The van der Waals surface area contributed by atoms with Gasteiger partial charge in [-0.25, -0.2) is 9.78 Å². The molecule has 1 N–H and O–H groups in total. The van der Waals surface area contributed by atoms with Crippen LogP contribution in [0.1, 0.15) is 24.8 Å². The lowest BCUT2D eigenvalue weighted by atomic mass is 10.3. The third-order valence-electron chi connectivity index (χ3n) is 3.38. The Bertz CT molecular complexity index is 678. The molecule has 1 amide bonds. The number of fused-ring (bicyclic) bond motifs is 1. The Labute approximate surface area is 137 Å². The minimum Gasteiger partial charge on any atom is -0.451 e. The molecule has 0 bridgehead atoms. The highest BCUT2D eigenvalue weighted by atomic mass is 32.1. The fraction of sp³-hybridized carbons (Fsp3) is 0.438. The lowest BCUT2D eigenvalue weighted by Crippen LogP contribution is -2.37. The predicted octanol–water partition coefficient (Wildman–Crippen LogP) is 2.02. The van der Waals surface area contributed by atoms with Crippen LogP contribution in [0.15, 0.2) is 24.3 Å². The molecule has 0 saturated heterocycles. The van der Waals surface area contributed by atoms with E-state index in [9.17, 15) is 9.59 Å². The summed E-state index contributed by atoms with van der Waals surface area (Å²) in [6.45, 7) is 1.61. The van der Waals surface area contributed by atoms with Gasteiger partial charge in [-0.3, -0.25) is 4.79 Å². The molecule has 0 radical (unpaired) electrons. The monoisotopic (exact) mass is 334 g/mol. The maximum absolute atomic E-state index is 11.7. The zero-order chi connectivity index (χ0) is 16.2. The van der Waals surface area contributed by atoms with Gasteiger partial charge in [-0.15, -0.1) is 11.3 Å². The average molecular weight is 334 g/mol. The van der Waals surface area contributed by atoms with Gasteiger partial charge < -0.3 is 14.8 Å². The Morgan fingerprint density at radius 1 is 1.39 bits per heavy atom. The molecule has 7 heteroatoms. The van der Waals surface area contributed by atoms with Crippen molar-refractivity contribution in [2.75, 3.05) is 6.61 Å². The molecule has 1 aliphatic carbocycles. The number of aromatic nitrogens is 1. The van der Waals surface area contributed by atoms with E-state index < -0.39 is 12.1 Å². The van der Waals surface area contributed by atoms with Crippen LogP contribution in [0.4, 0.5) is 0 Å². The van der Waals surface area contributed by atoms with Gasteiger partial charge in [-0.05, 0) is 31.9 Å². The average Bonchev–Trinajstić information content (AvgIpc) is 3.23. The van der Waals surface area contributed by atoms with Crippen LogP contribution in [0.2, 0.25) is 0 Å². The Kier molecular flexibility index (Phi) is 4.88. The first-order valence-electron chi connectivity index (χ1n) is 7.54. The van der Waals surface area contributed by atoms with E-state index in [1.165, 1.54) is 11.3 Å². The maximum Gasteiger partial charge on any atom is 0.332 e. The van der Waals surface area contributed by atoms with Gasteiger partial charge in [0.05, 0.1) is 16.8 Å². The first-order valence-corrected chi connectivity index (χ1v) is 8.35. The summed E-state index contributed by atoms with van der Waals surface area (Å²) in [5, 5.41) is 3.59. The zero-order valence-electron chi connectivity index (χ0n) is 12.8. The molecule has 0 aliphatic heterocycles. The van der Waals surface area contributed by atoms with E-state index in [0.29, 0.717) is 0 Å². The van der Waals surface area contributed by atoms with E-state index in [4.69, 9.17) is 9.47 Å². The third-order valence-corrected chi connectivity index (χ3v) is 4.39. The summed E-state index contributed by atoms with van der Waals surface area (Å²) in [4.78, 5) is 27.8. The highest BCUT2D eigenvalue weighted by Gasteiger charge is 2.27. The van der Waals surface area contributed by atoms with Crippen LogP contribution < -0.4 is 5.32 Å². The van der Waals surface area contributed by atoms with Crippen molar-refractivity contribution >= 4 is 33.4 Å². The summed E-state index contributed by atoms with van der Waals surface area (Å²) < 4.78 is 11.5. The van der Waals surface area contributed by atoms with Crippen molar-refractivity contribution in [3.63, 3.8) is 0 Å². The van der Waals surface area contributed by atoms with Crippen LogP contribution >= 0.6 is 11.3 Å². The molecular weight excluding hydrogens is 316 g/mol. The number of nitrogens with zero attached hydrogens (tertiary/aromatic N) is 1. The number of hydrogen-bond donors (Lipinski definition) is 1. The van der Waals surface area contributed by atoms with Crippen LogP contribution in [0.5, 0.6) is 0 Å². The predicted molar refractivity (Wildman–Crippen MR) is 86.0 cm³/mol. The van der Waals surface area contributed by atoms with E-state index in [2.05, 4.69) is 10.3 Å². The molecule has 1 aromatic heterocycles. The standard InChI is InChI=1S/C16H18N2O4S/c1-10(16(20)17-11-6-7-11)22-15(19)9-21-8-14-18-12-4-2-3-5-13(12)23-14/h2-5,10-11H,6-9H2,1H3,(H,17,20)/t10-/m0/s1. The molecule has 0 unspecified atom stereocenters. The van der Waals surface area contributed by atoms with Crippen LogP contribution in [0, 0.1) is 0 Å². The molecule has 1 heterocycles. The second-order valence-corrected chi connectivity index (χ2v) is 6.60. The molecule has 23 heavy (non-hydrogen) atoms. The van der Waals surface area contributed by atoms with Gasteiger partial charge in [-0.2, -0.15) is 0 Å². The number of benzene rings is 1. The first kappa shape index (κ1) is 15.9. The van der Waals surface area contributed by atoms with Crippen molar-refractivity contribution in [3.05, 3.63) is 29.3 Å². The summed E-state index contributed by atoms with van der Waals surface area (Å²) >= 11 is 1.53. The van der Waals surface area contributed by atoms with Gasteiger partial charge in [0.15, 0.2) is 6.10 Å². The minimum atomic E-state index is -0.797. The largest absolute Gasteiger partial charge is 0.451 e. The maximum atomic E-state index is 11.7. The molecule has 6 nitrogen and oxygen atoms in total. The zero-order valence-corrected chi connectivity index (χ0v) is 13.6. The van der Waals surface area contributed by atoms with E-state index in [1.807, 2.05) is 24.3 Å². The Balaban J connectivity index is 1.40. The smallest absolute Gasteiger partial charge is 0.332 e. The molecule has 1 aromatic carbocycles. The molecule has 0 spiro atoms. The number of nitrogens with one attached hydrogen (secondary N) is 1. The summed E-state index contributed by atoms with van der Waals surface area (Å²) in [5.41, 5.74) is 0.920. The van der Waals surface area contributed by atoms with Gasteiger partial charge in [0.1, 0.15) is 11.6 Å². The van der Waals surface area contributed by atoms with Crippen molar-refractivity contribution in [2.24, 2.45) is 0 Å². The highest BCUT2D eigenvalue weighted by molar-refractivity contribution is 7.18. The van der Waals surface area contributed by atoms with Gasteiger partial charge >= 0.3 is 5.97 Å². The molecule has 1 atom stereocenters. The number of amides is 1. The number of carbonyl (C=O) groups excluding carboxylic acids is 2. The first-order chi connectivity index (χ1) is 11.1. The van der Waals surface area contributed by atoms with Crippen molar-refractivity contribution in [3.8, 4) is 0 Å². The van der Waals surface area contributed by atoms with Crippen molar-refractivity contribution in [1.29, 1.82) is 0 Å². The fourth-order valence-corrected chi connectivity index (χ4v) is 2.94. The summed E-state index contributed by atoms with van der Waals surface area (Å²) in [6, 6.07) is 8.06. The van der Waals surface area contributed by atoms with Gasteiger partial charge in [0.25, 0.3) is 5.91 Å². The van der Waals surface area contributed by atoms with Gasteiger partial charge in [0, 0.05) is 6.04 Å². The van der Waals surface area contributed by atoms with Crippen LogP contribution in [0.3, 0.4) is 0 Å². The molecule has 122 valence electrons. The lowest BCUT2D eigenvalue weighted by molar-refractivity contribution is -0.159. The van der Waals surface area contributed by atoms with E-state index in [0.717, 1.165) is 28.1 Å². The summed E-state index contributed by atoms with van der Waals surface area (Å²) in [7, 11) is 0. The molecule has 1 fully saturated rings. The van der Waals surface area contributed by atoms with E-state index in [1.54, 1.807) is 6.92 Å². The molecular formula is C16H18N2O4S. The quantitative estimate of drug-likeness (QED) is 0.784. The molecule has 1 aliphatic rings. The molecule has 1 saturated carbocycles. The Morgan fingerprint density at radius 3 is 2.91 bits per heavy atom. The number of carbonyl (C=O) groups is 2. The highest BCUT2D eigenvalue weighted by Crippen LogP contribution is 2.22. The number of thiazole rings is 1. The third kappa shape index (κ3) is 4.49. The summed E-state index contributed by atoms with van der Waals surface area (Å²) in [6.07, 6.45) is 1.20. The second kappa shape index (κ2) is 7.06. The number of hydrogen-bond acceptors (Lipinski definition) is 6. The van der Waals surface area contributed by atoms with Gasteiger partial charge in [-0.1, -0.05) is 12.1 Å². The van der Waals surface area contributed by atoms with Crippen LogP contribution in [0.25, 0.3) is 10.2 Å². The lowest BCUT2D eigenvalue weighted by Gasteiger charge is -2.12. The van der Waals surface area contributed by atoms with E-state index >= 15 is 0 Å². The Morgan fingerprint density at radius 2 is 2.17 bits per heavy atom. The molecule has 2 aromatic rings. The van der Waals surface area contributed by atoms with Crippen molar-refractivity contribution in [2.45, 2.75) is 38.5 Å². The molecule has 3 rings (SSSR count). The van der Waals surface area contributed by atoms with Crippen LogP contribution in [-0.4, -0.2) is 35.6 Å². The fourth-order valence-electron chi connectivity index (χ4n) is 2.03. The Hall–Kier alpha value is -1.99. The minimum absolute atomic E-state index is 0.197. The number of para-hydroxylation sites is 1. The number of rotatable bonds is 7. The topological polar surface area (TPSA) is 77.5 Å². The van der Waals surface area contributed by atoms with E-state index in [-0.39, 0.29) is 25.2 Å². The van der Waals surface area contributed by atoms with Crippen molar-refractivity contribution in [1.82, 2.24) is 10.3 Å². The SMILES string of the molecule is C[C@H](OC(=O)COCc1nc2ccccc2s1)C(=O)NC1CC1. The second-order valence-electron chi connectivity index (χ2n) is 5.48. The van der Waals surface area contributed by atoms with Crippen molar-refractivity contribution < 1.29 is 19.1 Å². The summed E-state index contributed by atoms with van der Waals surface area (Å²) in [5.74, 6) is -0.809. The number of esters is 1. The van der Waals surface area contributed by atoms with Crippen LogP contribution in [-0.2, 0) is 25.7 Å². The van der Waals surface area contributed by atoms with Gasteiger partial charge in [0.2, 0.25) is 0 Å².